The molecule has 0 aliphatic heterocycles. The second kappa shape index (κ2) is 3.57. The van der Waals surface area contributed by atoms with E-state index in [4.69, 9.17) is 10.00 Å². The third-order valence-corrected chi connectivity index (χ3v) is 2.44. The van der Waals surface area contributed by atoms with Gasteiger partial charge in [-0.15, -0.1) is 0 Å². The van der Waals surface area contributed by atoms with E-state index in [1.165, 1.54) is 0 Å². The van der Waals surface area contributed by atoms with E-state index in [-0.39, 0.29) is 5.97 Å². The molecule has 1 rings (SSSR count). The Hall–Kier alpha value is -1.04. The quantitative estimate of drug-likeness (QED) is 0.600. The fraction of sp³-hybridized carbons (Fsp3) is 0.778. The van der Waals surface area contributed by atoms with E-state index in [2.05, 4.69) is 0 Å². The lowest BCUT2D eigenvalue weighted by molar-refractivity contribution is -0.160. The first-order chi connectivity index (χ1) is 5.75. The number of nitriles is 1. The Bertz CT molecular complexity index is 213. The highest BCUT2D eigenvalue weighted by Crippen LogP contribution is 2.44. The smallest absolute Gasteiger partial charge is 0.313 e. The van der Waals surface area contributed by atoms with E-state index in [9.17, 15) is 4.79 Å². The molecule has 1 fully saturated rings. The lowest BCUT2D eigenvalue weighted by atomic mass is 9.67. The van der Waals surface area contributed by atoms with Gasteiger partial charge in [0, 0.05) is 0 Å². The third-order valence-electron chi connectivity index (χ3n) is 2.44. The van der Waals surface area contributed by atoms with Gasteiger partial charge in [0.15, 0.2) is 0 Å². The molecule has 0 bridgehead atoms. The summed E-state index contributed by atoms with van der Waals surface area (Å²) in [6.45, 7) is 2.20. The number of nitrogens with zero attached hydrogens (tertiary/aromatic N) is 1. The highest BCUT2D eigenvalue weighted by Gasteiger charge is 2.45. The Morgan fingerprint density at radius 2 is 2.33 bits per heavy atom. The summed E-state index contributed by atoms with van der Waals surface area (Å²) < 4.78 is 4.91. The Balaban J connectivity index is 2.55. The van der Waals surface area contributed by atoms with Gasteiger partial charge in [0.1, 0.15) is 0 Å². The lowest BCUT2D eigenvalue weighted by Gasteiger charge is -2.36. The fourth-order valence-electron chi connectivity index (χ4n) is 1.49. The van der Waals surface area contributed by atoms with Crippen molar-refractivity contribution in [3.8, 4) is 6.07 Å². The average Bonchev–Trinajstić information content (AvgIpc) is 1.97. The van der Waals surface area contributed by atoms with Gasteiger partial charge in [-0.2, -0.15) is 5.26 Å². The summed E-state index contributed by atoms with van der Waals surface area (Å²) in [7, 11) is 0. The molecule has 0 saturated heterocycles. The van der Waals surface area contributed by atoms with Crippen molar-refractivity contribution in [3.05, 3.63) is 0 Å². The summed E-state index contributed by atoms with van der Waals surface area (Å²) in [5.74, 6) is -0.183. The second-order valence-corrected chi connectivity index (χ2v) is 3.19. The Morgan fingerprint density at radius 1 is 1.67 bits per heavy atom. The van der Waals surface area contributed by atoms with Gasteiger partial charge in [0.25, 0.3) is 0 Å². The largest absolute Gasteiger partial charge is 0.466 e. The summed E-state index contributed by atoms with van der Waals surface area (Å²) in [6, 6.07) is 2.05. The maximum absolute atomic E-state index is 11.4. The predicted octanol–water partition coefficient (Wildman–Crippen LogP) is 1.63. The van der Waals surface area contributed by atoms with Crippen LogP contribution in [0.2, 0.25) is 0 Å². The van der Waals surface area contributed by atoms with Crippen molar-refractivity contribution in [2.24, 2.45) is 5.41 Å². The lowest BCUT2D eigenvalue weighted by Crippen LogP contribution is -2.39. The van der Waals surface area contributed by atoms with Crippen molar-refractivity contribution in [1.82, 2.24) is 0 Å². The Kier molecular flexibility index (Phi) is 2.69. The second-order valence-electron chi connectivity index (χ2n) is 3.19. The topological polar surface area (TPSA) is 50.1 Å². The average molecular weight is 167 g/mol. The van der Waals surface area contributed by atoms with Crippen molar-refractivity contribution in [2.75, 3.05) is 6.61 Å². The highest BCUT2D eigenvalue weighted by molar-refractivity contribution is 5.78. The van der Waals surface area contributed by atoms with Crippen molar-refractivity contribution < 1.29 is 9.53 Å². The molecular weight excluding hydrogens is 154 g/mol. The predicted molar refractivity (Wildman–Crippen MR) is 43.1 cm³/mol. The summed E-state index contributed by atoms with van der Waals surface area (Å²) in [5.41, 5.74) is -0.440. The normalized spacial score (nSPS) is 19.0. The van der Waals surface area contributed by atoms with E-state index in [0.29, 0.717) is 13.0 Å². The molecule has 12 heavy (non-hydrogen) atoms. The fourth-order valence-corrected chi connectivity index (χ4v) is 1.49. The molecule has 1 saturated carbocycles. The number of esters is 1. The number of carbonyl (C=O) groups excluding carboxylic acids is 1. The molecule has 0 atom stereocenters. The number of ether oxygens (including phenoxy) is 1. The standard InChI is InChI=1S/C9H13NO2/c1-2-12-8(11)9(6-7-10)4-3-5-9/h2-6H2,1H3. The number of hydrogen-bond acceptors (Lipinski definition) is 3. The van der Waals surface area contributed by atoms with E-state index in [0.717, 1.165) is 19.3 Å². The molecule has 3 heteroatoms. The molecule has 1 aliphatic carbocycles. The molecule has 3 nitrogen and oxygen atoms in total. The van der Waals surface area contributed by atoms with Gasteiger partial charge in [0.05, 0.1) is 24.5 Å². The maximum atomic E-state index is 11.4. The zero-order valence-electron chi connectivity index (χ0n) is 7.30. The first-order valence-electron chi connectivity index (χ1n) is 4.29. The maximum Gasteiger partial charge on any atom is 0.313 e. The molecule has 0 radical (unpaired) electrons. The van der Waals surface area contributed by atoms with Gasteiger partial charge < -0.3 is 4.74 Å². The van der Waals surface area contributed by atoms with Crippen LogP contribution in [-0.2, 0) is 9.53 Å². The van der Waals surface area contributed by atoms with Crippen LogP contribution in [0, 0.1) is 16.7 Å². The van der Waals surface area contributed by atoms with Crippen molar-refractivity contribution >= 4 is 5.97 Å². The molecule has 0 heterocycles. The molecule has 0 aromatic heterocycles. The van der Waals surface area contributed by atoms with Crippen molar-refractivity contribution in [1.29, 1.82) is 5.26 Å². The van der Waals surface area contributed by atoms with Crippen LogP contribution in [0.5, 0.6) is 0 Å². The van der Waals surface area contributed by atoms with Crippen LogP contribution in [0.4, 0.5) is 0 Å². The van der Waals surface area contributed by atoms with Crippen molar-refractivity contribution in [2.45, 2.75) is 32.6 Å². The number of carbonyl (C=O) groups is 1. The van der Waals surface area contributed by atoms with E-state index in [1.807, 2.05) is 6.07 Å². The minimum Gasteiger partial charge on any atom is -0.466 e. The Labute approximate surface area is 72.3 Å². The van der Waals surface area contributed by atoms with Gasteiger partial charge in [0.2, 0.25) is 0 Å². The Morgan fingerprint density at radius 3 is 2.67 bits per heavy atom. The van der Waals surface area contributed by atoms with Crippen LogP contribution in [0.25, 0.3) is 0 Å². The molecule has 0 unspecified atom stereocenters. The SMILES string of the molecule is CCOC(=O)C1(CC#N)CCC1. The van der Waals surface area contributed by atoms with Crippen LogP contribution < -0.4 is 0 Å². The molecular formula is C9H13NO2. The monoisotopic (exact) mass is 167 g/mol. The molecule has 0 aromatic carbocycles. The first kappa shape index (κ1) is 9.05. The van der Waals surface area contributed by atoms with Gasteiger partial charge in [-0.1, -0.05) is 6.42 Å². The molecule has 1 aliphatic rings. The molecule has 0 amide bonds. The van der Waals surface area contributed by atoms with Crippen LogP contribution in [0.3, 0.4) is 0 Å². The van der Waals surface area contributed by atoms with Crippen LogP contribution in [0.15, 0.2) is 0 Å². The molecule has 0 spiro atoms. The summed E-state index contributed by atoms with van der Waals surface area (Å²) in [6.07, 6.45) is 2.99. The number of rotatable bonds is 3. The summed E-state index contributed by atoms with van der Waals surface area (Å²) in [4.78, 5) is 11.4. The minimum absolute atomic E-state index is 0.183. The molecule has 66 valence electrons. The van der Waals surface area contributed by atoms with Crippen LogP contribution in [0.1, 0.15) is 32.6 Å². The number of hydrogen-bond donors (Lipinski definition) is 0. The van der Waals surface area contributed by atoms with Crippen molar-refractivity contribution in [3.63, 3.8) is 0 Å². The summed E-state index contributed by atoms with van der Waals surface area (Å²) in [5, 5.41) is 8.53. The highest BCUT2D eigenvalue weighted by atomic mass is 16.5. The van der Waals surface area contributed by atoms with Gasteiger partial charge in [-0.3, -0.25) is 4.79 Å². The summed E-state index contributed by atoms with van der Waals surface area (Å²) >= 11 is 0. The van der Waals surface area contributed by atoms with Gasteiger partial charge >= 0.3 is 5.97 Å². The van der Waals surface area contributed by atoms with E-state index in [1.54, 1.807) is 6.92 Å². The van der Waals surface area contributed by atoms with E-state index < -0.39 is 5.41 Å². The minimum atomic E-state index is -0.440. The third kappa shape index (κ3) is 1.42. The van der Waals surface area contributed by atoms with Gasteiger partial charge in [-0.25, -0.2) is 0 Å². The van der Waals surface area contributed by atoms with Crippen LogP contribution >= 0.6 is 0 Å². The van der Waals surface area contributed by atoms with Gasteiger partial charge in [-0.05, 0) is 19.8 Å². The molecule has 0 aromatic rings. The first-order valence-corrected chi connectivity index (χ1v) is 4.29. The zero-order chi connectivity index (χ0) is 9.03. The zero-order valence-corrected chi connectivity index (χ0v) is 7.30. The molecule has 0 N–H and O–H groups in total. The van der Waals surface area contributed by atoms with E-state index >= 15 is 0 Å². The van der Waals surface area contributed by atoms with Crippen LogP contribution in [-0.4, -0.2) is 12.6 Å².